The lowest BCUT2D eigenvalue weighted by molar-refractivity contribution is 0.667. The number of amidine groups is 2. The summed E-state index contributed by atoms with van der Waals surface area (Å²) in [5, 5.41) is 7.75. The molecule has 0 amide bonds. The number of nitrogens with one attached hydrogen (secondary N) is 1. The molecule has 1 N–H and O–H groups in total. The molecule has 0 bridgehead atoms. The van der Waals surface area contributed by atoms with Gasteiger partial charge in [0.15, 0.2) is 6.17 Å². The van der Waals surface area contributed by atoms with E-state index in [2.05, 4.69) is 72.0 Å². The van der Waals surface area contributed by atoms with Gasteiger partial charge in [0.2, 0.25) is 0 Å². The molecule has 8 aromatic rings. The third-order valence-electron chi connectivity index (χ3n) is 8.34. The number of para-hydroxylation sites is 3. The molecular weight excluding hydrogens is 542 g/mol. The number of aliphatic imine (C=N–C) groups is 2. The highest BCUT2D eigenvalue weighted by molar-refractivity contribution is 6.17. The van der Waals surface area contributed by atoms with Crippen molar-refractivity contribution in [2.75, 3.05) is 0 Å². The molecule has 0 radical (unpaired) electrons. The van der Waals surface area contributed by atoms with Crippen LogP contribution in [-0.4, -0.2) is 11.7 Å². The van der Waals surface area contributed by atoms with Crippen molar-refractivity contribution in [3.8, 4) is 11.1 Å². The van der Waals surface area contributed by atoms with E-state index >= 15 is 0 Å². The molecule has 1 aliphatic rings. The van der Waals surface area contributed by atoms with Crippen LogP contribution in [-0.2, 0) is 0 Å². The highest BCUT2D eigenvalue weighted by atomic mass is 16.3. The molecule has 2 aromatic heterocycles. The Morgan fingerprint density at radius 1 is 0.477 bits per heavy atom. The third kappa shape index (κ3) is 3.94. The van der Waals surface area contributed by atoms with Crippen LogP contribution in [0, 0.1) is 0 Å². The Morgan fingerprint density at radius 3 is 1.77 bits per heavy atom. The van der Waals surface area contributed by atoms with Gasteiger partial charge < -0.3 is 14.2 Å². The number of rotatable bonds is 4. The first-order valence-electron chi connectivity index (χ1n) is 14.7. The zero-order chi connectivity index (χ0) is 29.0. The molecule has 3 heterocycles. The molecule has 0 unspecified atom stereocenters. The fraction of sp³-hybridized carbons (Fsp3) is 0.0256. The van der Waals surface area contributed by atoms with Crippen LogP contribution in [0.1, 0.15) is 22.9 Å². The molecule has 44 heavy (non-hydrogen) atoms. The SMILES string of the molecule is c1ccc(C2=NC(c3cc(-c4cccc5c4oc4ccccc45)cc4oc5ccccc5c34)N=C(c3ccccc3)N2)cc1. The van der Waals surface area contributed by atoms with Crippen LogP contribution in [0.5, 0.6) is 0 Å². The molecule has 1 aliphatic heterocycles. The van der Waals surface area contributed by atoms with Gasteiger partial charge in [-0.25, -0.2) is 9.98 Å². The fourth-order valence-corrected chi connectivity index (χ4v) is 6.29. The van der Waals surface area contributed by atoms with Gasteiger partial charge in [-0.3, -0.25) is 0 Å². The average molecular weight is 568 g/mol. The summed E-state index contributed by atoms with van der Waals surface area (Å²) >= 11 is 0. The number of hydrogen-bond donors (Lipinski definition) is 1. The van der Waals surface area contributed by atoms with E-state index in [0.717, 1.165) is 83.4 Å². The minimum absolute atomic E-state index is 0.514. The predicted octanol–water partition coefficient (Wildman–Crippen LogP) is 9.65. The monoisotopic (exact) mass is 567 g/mol. The molecule has 5 nitrogen and oxygen atoms in total. The lowest BCUT2D eigenvalue weighted by Crippen LogP contribution is -2.36. The maximum Gasteiger partial charge on any atom is 0.170 e. The van der Waals surface area contributed by atoms with Crippen LogP contribution in [0.4, 0.5) is 0 Å². The van der Waals surface area contributed by atoms with Crippen LogP contribution in [0.15, 0.2) is 158 Å². The molecule has 0 saturated carbocycles. The summed E-state index contributed by atoms with van der Waals surface area (Å²) in [6.07, 6.45) is -0.514. The van der Waals surface area contributed by atoms with Gasteiger partial charge in [-0.05, 0) is 29.8 Å². The molecule has 0 fully saturated rings. The van der Waals surface area contributed by atoms with Crippen LogP contribution in [0.2, 0.25) is 0 Å². The smallest absolute Gasteiger partial charge is 0.170 e. The van der Waals surface area contributed by atoms with Gasteiger partial charge in [0.1, 0.15) is 34.0 Å². The normalized spacial score (nSPS) is 13.8. The Hall–Kier alpha value is -5.94. The summed E-state index contributed by atoms with van der Waals surface area (Å²) in [5.41, 5.74) is 8.29. The highest BCUT2D eigenvalue weighted by Gasteiger charge is 2.25. The molecule has 9 rings (SSSR count). The van der Waals surface area contributed by atoms with E-state index < -0.39 is 6.17 Å². The Balaban J connectivity index is 1.33. The number of benzene rings is 6. The second-order valence-corrected chi connectivity index (χ2v) is 11.0. The topological polar surface area (TPSA) is 63.0 Å². The molecule has 5 heteroatoms. The van der Waals surface area contributed by atoms with Crippen molar-refractivity contribution in [1.82, 2.24) is 5.32 Å². The first kappa shape index (κ1) is 24.6. The van der Waals surface area contributed by atoms with Crippen LogP contribution < -0.4 is 5.32 Å². The Morgan fingerprint density at radius 2 is 1.07 bits per heavy atom. The van der Waals surface area contributed by atoms with Gasteiger partial charge >= 0.3 is 0 Å². The highest BCUT2D eigenvalue weighted by Crippen LogP contribution is 2.42. The van der Waals surface area contributed by atoms with E-state index in [1.807, 2.05) is 72.8 Å². The van der Waals surface area contributed by atoms with Crippen molar-refractivity contribution in [2.24, 2.45) is 9.98 Å². The molecule has 0 atom stereocenters. The molecule has 0 spiro atoms. The first-order chi connectivity index (χ1) is 21.8. The standard InChI is InChI=1S/C39H25N3O2/c1-3-12-24(13-4-1)37-40-38(25-14-5-2-6-15-25)42-39(41-37)31-22-26(23-34-35(31)30-17-8-10-21-33(30)43-34)27-18-11-19-29-28-16-7-9-20-32(28)44-36(27)29/h1-23,39H,(H,40,41,42). The summed E-state index contributed by atoms with van der Waals surface area (Å²) in [5.74, 6) is 1.55. The zero-order valence-corrected chi connectivity index (χ0v) is 23.6. The molecule has 6 aromatic carbocycles. The second kappa shape index (κ2) is 9.82. The third-order valence-corrected chi connectivity index (χ3v) is 8.34. The fourth-order valence-electron chi connectivity index (χ4n) is 6.29. The van der Waals surface area contributed by atoms with Gasteiger partial charge in [-0.15, -0.1) is 0 Å². The average Bonchev–Trinajstić information content (AvgIpc) is 3.67. The van der Waals surface area contributed by atoms with Gasteiger partial charge in [0.05, 0.1) is 0 Å². The van der Waals surface area contributed by atoms with Crippen LogP contribution >= 0.6 is 0 Å². The van der Waals surface area contributed by atoms with E-state index in [1.165, 1.54) is 0 Å². The van der Waals surface area contributed by atoms with Crippen LogP contribution in [0.3, 0.4) is 0 Å². The van der Waals surface area contributed by atoms with Crippen molar-refractivity contribution in [2.45, 2.75) is 6.17 Å². The van der Waals surface area contributed by atoms with Crippen LogP contribution in [0.25, 0.3) is 55.0 Å². The van der Waals surface area contributed by atoms with Gasteiger partial charge in [0.25, 0.3) is 0 Å². The zero-order valence-electron chi connectivity index (χ0n) is 23.6. The second-order valence-electron chi connectivity index (χ2n) is 11.0. The largest absolute Gasteiger partial charge is 0.456 e. The maximum atomic E-state index is 6.50. The summed E-state index contributed by atoms with van der Waals surface area (Å²) in [4.78, 5) is 10.4. The Labute approximate surface area is 252 Å². The minimum Gasteiger partial charge on any atom is -0.456 e. The molecule has 0 aliphatic carbocycles. The molecule has 208 valence electrons. The summed E-state index contributed by atoms with van der Waals surface area (Å²) < 4.78 is 12.9. The van der Waals surface area contributed by atoms with Crippen molar-refractivity contribution < 1.29 is 8.83 Å². The number of nitrogens with zero attached hydrogens (tertiary/aromatic N) is 2. The first-order valence-corrected chi connectivity index (χ1v) is 14.7. The van der Waals surface area contributed by atoms with Crippen molar-refractivity contribution >= 4 is 55.5 Å². The lowest BCUT2D eigenvalue weighted by atomic mass is 9.96. The van der Waals surface area contributed by atoms with E-state index in [-0.39, 0.29) is 0 Å². The number of furan rings is 2. The lowest BCUT2D eigenvalue weighted by Gasteiger charge is -2.23. The van der Waals surface area contributed by atoms with Crippen molar-refractivity contribution in [3.05, 3.63) is 156 Å². The summed E-state index contributed by atoms with van der Waals surface area (Å²) in [7, 11) is 0. The number of fused-ring (bicyclic) bond motifs is 6. The Kier molecular flexibility index (Phi) is 5.50. The minimum atomic E-state index is -0.514. The van der Waals surface area contributed by atoms with Gasteiger partial charge in [-0.2, -0.15) is 0 Å². The Bertz CT molecular complexity index is 2360. The number of hydrogen-bond acceptors (Lipinski definition) is 5. The van der Waals surface area contributed by atoms with E-state index in [1.54, 1.807) is 0 Å². The van der Waals surface area contributed by atoms with Gasteiger partial charge in [-0.1, -0.05) is 115 Å². The quantitative estimate of drug-likeness (QED) is 0.230. The van der Waals surface area contributed by atoms with Gasteiger partial charge in [0, 0.05) is 43.8 Å². The van der Waals surface area contributed by atoms with E-state index in [0.29, 0.717) is 0 Å². The van der Waals surface area contributed by atoms with E-state index in [9.17, 15) is 0 Å². The summed E-state index contributed by atoms with van der Waals surface area (Å²) in [6, 6.07) is 47.4. The maximum absolute atomic E-state index is 6.50. The predicted molar refractivity (Wildman–Crippen MR) is 178 cm³/mol. The molecule has 0 saturated heterocycles. The van der Waals surface area contributed by atoms with E-state index in [4.69, 9.17) is 18.8 Å². The summed E-state index contributed by atoms with van der Waals surface area (Å²) in [6.45, 7) is 0. The van der Waals surface area contributed by atoms with Crippen molar-refractivity contribution in [1.29, 1.82) is 0 Å². The molecular formula is C39H25N3O2. The van der Waals surface area contributed by atoms with Crippen molar-refractivity contribution in [3.63, 3.8) is 0 Å².